The van der Waals surface area contributed by atoms with E-state index in [0.717, 1.165) is 49.5 Å². The van der Waals surface area contributed by atoms with Crippen molar-refractivity contribution in [3.63, 3.8) is 0 Å². The van der Waals surface area contributed by atoms with Crippen molar-refractivity contribution in [3.05, 3.63) is 51.4 Å². The number of methoxy groups -OCH3 is 1. The van der Waals surface area contributed by atoms with Crippen molar-refractivity contribution in [2.45, 2.75) is 51.8 Å². The fourth-order valence-corrected chi connectivity index (χ4v) is 5.32. The third-order valence-electron chi connectivity index (χ3n) is 5.63. The van der Waals surface area contributed by atoms with Crippen molar-refractivity contribution in [3.8, 4) is 6.07 Å². The minimum absolute atomic E-state index is 0.248. The number of benzene rings is 1. The number of fused-ring (bicyclic) bond motifs is 1. The van der Waals surface area contributed by atoms with E-state index in [-0.39, 0.29) is 5.60 Å². The van der Waals surface area contributed by atoms with Crippen LogP contribution in [0.15, 0.2) is 24.3 Å². The maximum absolute atomic E-state index is 9.49. The van der Waals surface area contributed by atoms with Crippen LogP contribution in [0.4, 0.5) is 5.00 Å². The molecule has 0 amide bonds. The Balaban J connectivity index is 1.84. The Bertz CT molecular complexity index is 839. The molecule has 0 spiro atoms. The molecule has 1 aliphatic rings. The van der Waals surface area contributed by atoms with Crippen LogP contribution < -0.4 is 5.32 Å². The molecule has 5 heteroatoms. The number of anilines is 1. The zero-order chi connectivity index (χ0) is 19.4. The second-order valence-corrected chi connectivity index (χ2v) is 8.48. The van der Waals surface area contributed by atoms with Gasteiger partial charge in [-0.15, -0.1) is 11.3 Å². The normalized spacial score (nSPS) is 16.4. The van der Waals surface area contributed by atoms with Crippen molar-refractivity contribution < 1.29 is 4.74 Å². The molecule has 1 N–H and O–H groups in total. The topological polar surface area (TPSA) is 48.3 Å². The number of hydrogen-bond acceptors (Lipinski definition) is 5. The largest absolute Gasteiger partial charge is 0.379 e. The summed E-state index contributed by atoms with van der Waals surface area (Å²) >= 11 is 1.72. The Morgan fingerprint density at radius 2 is 2.15 bits per heavy atom. The molecule has 0 saturated carbocycles. The number of nitrogens with one attached hydrogen (secondary N) is 1. The Morgan fingerprint density at radius 1 is 1.37 bits per heavy atom. The predicted octanol–water partition coefficient (Wildman–Crippen LogP) is 4.88. The highest BCUT2D eigenvalue weighted by atomic mass is 32.1. The third-order valence-corrected chi connectivity index (χ3v) is 6.87. The molecule has 1 aromatic carbocycles. The first-order valence-electron chi connectivity index (χ1n) is 9.64. The molecule has 144 valence electrons. The number of nitrogens with zero attached hydrogens (tertiary/aromatic N) is 2. The zero-order valence-corrected chi connectivity index (χ0v) is 17.6. The monoisotopic (exact) mass is 383 g/mol. The first kappa shape index (κ1) is 19.9. The lowest BCUT2D eigenvalue weighted by Gasteiger charge is -2.33. The third kappa shape index (κ3) is 3.89. The predicted molar refractivity (Wildman–Crippen MR) is 112 cm³/mol. The van der Waals surface area contributed by atoms with Crippen molar-refractivity contribution in [2.24, 2.45) is 0 Å². The fourth-order valence-electron chi connectivity index (χ4n) is 4.12. The minimum atomic E-state index is -0.248. The van der Waals surface area contributed by atoms with E-state index in [1.54, 1.807) is 11.3 Å². The molecule has 0 bridgehead atoms. The molecule has 1 aliphatic heterocycles. The van der Waals surface area contributed by atoms with Crippen LogP contribution in [0.25, 0.3) is 0 Å². The van der Waals surface area contributed by atoms with Gasteiger partial charge in [0.1, 0.15) is 11.1 Å². The van der Waals surface area contributed by atoms with Gasteiger partial charge in [0.25, 0.3) is 0 Å². The molecule has 0 aliphatic carbocycles. The van der Waals surface area contributed by atoms with Gasteiger partial charge in [-0.25, -0.2) is 0 Å². The fraction of sp³-hybridized carbons (Fsp3) is 0.500. The standard InChI is InChI=1S/C22H29N3OS/c1-5-11-22(2,26-4)19-9-7-6-8-16(19)14-25-12-10-17-18(13-23)21(24-3)27-20(17)15-25/h6-9,24H,5,10-12,14-15H2,1-4H3. The van der Waals surface area contributed by atoms with Crippen molar-refractivity contribution in [1.29, 1.82) is 5.26 Å². The quantitative estimate of drug-likeness (QED) is 0.740. The summed E-state index contributed by atoms with van der Waals surface area (Å²) in [7, 11) is 3.71. The number of ether oxygens (including phenoxy) is 1. The molecular formula is C22H29N3OS. The zero-order valence-electron chi connectivity index (χ0n) is 16.8. The summed E-state index contributed by atoms with van der Waals surface area (Å²) in [5.74, 6) is 0. The van der Waals surface area contributed by atoms with E-state index in [4.69, 9.17) is 4.74 Å². The van der Waals surface area contributed by atoms with Crippen LogP contribution in [-0.2, 0) is 29.8 Å². The Labute approximate surface area is 166 Å². The van der Waals surface area contributed by atoms with Gasteiger partial charge in [-0.3, -0.25) is 4.90 Å². The van der Waals surface area contributed by atoms with E-state index >= 15 is 0 Å². The summed E-state index contributed by atoms with van der Waals surface area (Å²) in [6.45, 7) is 7.19. The number of hydrogen-bond donors (Lipinski definition) is 1. The summed E-state index contributed by atoms with van der Waals surface area (Å²) in [4.78, 5) is 3.81. The van der Waals surface area contributed by atoms with Gasteiger partial charge in [0.05, 0.1) is 11.2 Å². The second-order valence-electron chi connectivity index (χ2n) is 7.37. The van der Waals surface area contributed by atoms with Crippen LogP contribution in [0.3, 0.4) is 0 Å². The summed E-state index contributed by atoms with van der Waals surface area (Å²) < 4.78 is 5.94. The van der Waals surface area contributed by atoms with Crippen molar-refractivity contribution >= 4 is 16.3 Å². The van der Waals surface area contributed by atoms with Gasteiger partial charge >= 0.3 is 0 Å². The summed E-state index contributed by atoms with van der Waals surface area (Å²) in [5.41, 5.74) is 4.46. The SMILES string of the molecule is CCCC(C)(OC)c1ccccc1CN1CCc2c(sc(NC)c2C#N)C1. The lowest BCUT2D eigenvalue weighted by Crippen LogP contribution is -2.32. The van der Waals surface area contributed by atoms with Gasteiger partial charge in [0.15, 0.2) is 0 Å². The van der Waals surface area contributed by atoms with Gasteiger partial charge in [0, 0.05) is 38.7 Å². The number of nitriles is 1. The Kier molecular flexibility index (Phi) is 6.21. The second kappa shape index (κ2) is 8.43. The van der Waals surface area contributed by atoms with Gasteiger partial charge in [-0.05, 0) is 36.5 Å². The van der Waals surface area contributed by atoms with Gasteiger partial charge < -0.3 is 10.1 Å². The van der Waals surface area contributed by atoms with E-state index < -0.39 is 0 Å². The molecule has 1 atom stereocenters. The molecule has 27 heavy (non-hydrogen) atoms. The Hall–Kier alpha value is -1.87. The molecule has 3 rings (SSSR count). The van der Waals surface area contributed by atoms with E-state index in [0.29, 0.717) is 0 Å². The van der Waals surface area contributed by atoms with Crippen LogP contribution >= 0.6 is 11.3 Å². The first-order valence-corrected chi connectivity index (χ1v) is 10.5. The highest BCUT2D eigenvalue weighted by Crippen LogP contribution is 2.38. The molecule has 0 radical (unpaired) electrons. The molecule has 0 fully saturated rings. The summed E-state index contributed by atoms with van der Waals surface area (Å²) in [5, 5.41) is 13.7. The molecule has 4 nitrogen and oxygen atoms in total. The van der Waals surface area contributed by atoms with Crippen molar-refractivity contribution in [2.75, 3.05) is 26.0 Å². The molecule has 1 unspecified atom stereocenters. The lowest BCUT2D eigenvalue weighted by molar-refractivity contribution is -0.00734. The lowest BCUT2D eigenvalue weighted by atomic mass is 9.87. The van der Waals surface area contributed by atoms with E-state index in [1.807, 2.05) is 14.2 Å². The van der Waals surface area contributed by atoms with Gasteiger partial charge in [-0.2, -0.15) is 5.26 Å². The Morgan fingerprint density at radius 3 is 2.81 bits per heavy atom. The highest BCUT2D eigenvalue weighted by Gasteiger charge is 2.29. The maximum Gasteiger partial charge on any atom is 0.107 e. The first-order chi connectivity index (χ1) is 13.1. The molecule has 0 saturated heterocycles. The van der Waals surface area contributed by atoms with Crippen LogP contribution in [-0.4, -0.2) is 25.6 Å². The molecule has 1 aromatic heterocycles. The van der Waals surface area contributed by atoms with Crippen LogP contribution in [0.1, 0.15) is 53.8 Å². The van der Waals surface area contributed by atoms with E-state index in [1.165, 1.54) is 21.6 Å². The number of thiophene rings is 1. The molecular weight excluding hydrogens is 354 g/mol. The van der Waals surface area contributed by atoms with Gasteiger partial charge in [-0.1, -0.05) is 37.6 Å². The van der Waals surface area contributed by atoms with Crippen LogP contribution in [0, 0.1) is 11.3 Å². The average molecular weight is 384 g/mol. The van der Waals surface area contributed by atoms with Crippen LogP contribution in [0.2, 0.25) is 0 Å². The molecule has 2 heterocycles. The summed E-state index contributed by atoms with van der Waals surface area (Å²) in [6, 6.07) is 11.0. The smallest absolute Gasteiger partial charge is 0.107 e. The van der Waals surface area contributed by atoms with E-state index in [2.05, 4.69) is 54.4 Å². The number of rotatable bonds is 7. The summed E-state index contributed by atoms with van der Waals surface area (Å²) in [6.07, 6.45) is 3.03. The average Bonchev–Trinajstić information content (AvgIpc) is 3.05. The molecule has 2 aromatic rings. The van der Waals surface area contributed by atoms with Crippen LogP contribution in [0.5, 0.6) is 0 Å². The van der Waals surface area contributed by atoms with Gasteiger partial charge in [0.2, 0.25) is 0 Å². The minimum Gasteiger partial charge on any atom is -0.379 e. The van der Waals surface area contributed by atoms with E-state index in [9.17, 15) is 5.26 Å². The maximum atomic E-state index is 9.49. The van der Waals surface area contributed by atoms with Crippen molar-refractivity contribution in [1.82, 2.24) is 4.90 Å². The highest BCUT2D eigenvalue weighted by molar-refractivity contribution is 7.16.